The lowest BCUT2D eigenvalue weighted by molar-refractivity contribution is -0.138. The van der Waals surface area contributed by atoms with Gasteiger partial charge in [0.15, 0.2) is 0 Å². The van der Waals surface area contributed by atoms with Gasteiger partial charge in [-0.2, -0.15) is 13.2 Å². The smallest absolute Gasteiger partial charge is 0.372 e. The molecule has 0 radical (unpaired) electrons. The summed E-state index contributed by atoms with van der Waals surface area (Å²) in [6, 6.07) is 1.10. The third-order valence-electron chi connectivity index (χ3n) is 3.07. The normalized spacial score (nSPS) is 18.9. The average Bonchev–Trinajstić information content (AvgIpc) is 2.35. The Morgan fingerprint density at radius 3 is 2.75 bits per heavy atom. The highest BCUT2D eigenvalue weighted by Gasteiger charge is 2.38. The SMILES string of the molecule is CC1(C)CN(C(=O)c2ccncc2C(F)(F)F)CCO1. The number of hydrogen-bond acceptors (Lipinski definition) is 3. The van der Waals surface area contributed by atoms with Crippen molar-refractivity contribution >= 4 is 5.91 Å². The Balaban J connectivity index is 2.30. The van der Waals surface area contributed by atoms with Crippen molar-refractivity contribution in [1.29, 1.82) is 0 Å². The molecule has 0 atom stereocenters. The summed E-state index contributed by atoms with van der Waals surface area (Å²) in [7, 11) is 0. The lowest BCUT2D eigenvalue weighted by Crippen LogP contribution is -2.50. The van der Waals surface area contributed by atoms with Crippen LogP contribution in [0.1, 0.15) is 29.8 Å². The number of nitrogens with zero attached hydrogens (tertiary/aromatic N) is 2. The van der Waals surface area contributed by atoms with Gasteiger partial charge in [-0.05, 0) is 19.9 Å². The monoisotopic (exact) mass is 288 g/mol. The minimum absolute atomic E-state index is 0.255. The van der Waals surface area contributed by atoms with E-state index in [1.54, 1.807) is 13.8 Å². The van der Waals surface area contributed by atoms with E-state index in [0.29, 0.717) is 12.8 Å². The standard InChI is InChI=1S/C13H15F3N2O2/c1-12(2)8-18(5-6-20-12)11(19)9-3-4-17-7-10(9)13(14,15)16/h3-4,7H,5-6,8H2,1-2H3. The van der Waals surface area contributed by atoms with E-state index in [0.717, 1.165) is 6.07 Å². The largest absolute Gasteiger partial charge is 0.418 e. The predicted octanol–water partition coefficient (Wildman–Crippen LogP) is 2.35. The average molecular weight is 288 g/mol. The molecule has 0 saturated carbocycles. The molecular formula is C13H15F3N2O2. The number of rotatable bonds is 1. The Kier molecular flexibility index (Phi) is 3.73. The Morgan fingerprint density at radius 2 is 2.15 bits per heavy atom. The van der Waals surface area contributed by atoms with Crippen molar-refractivity contribution in [1.82, 2.24) is 9.88 Å². The maximum absolute atomic E-state index is 12.9. The Hall–Kier alpha value is -1.63. The van der Waals surface area contributed by atoms with Gasteiger partial charge < -0.3 is 9.64 Å². The lowest BCUT2D eigenvalue weighted by Gasteiger charge is -2.38. The van der Waals surface area contributed by atoms with Gasteiger partial charge in [-0.3, -0.25) is 9.78 Å². The van der Waals surface area contributed by atoms with Crippen LogP contribution in [0.4, 0.5) is 13.2 Å². The number of alkyl halides is 3. The zero-order chi connectivity index (χ0) is 15.0. The number of ether oxygens (including phenoxy) is 1. The van der Waals surface area contributed by atoms with E-state index >= 15 is 0 Å². The third kappa shape index (κ3) is 3.09. The number of carbonyl (C=O) groups is 1. The van der Waals surface area contributed by atoms with Gasteiger partial charge in [0.05, 0.1) is 23.3 Å². The van der Waals surface area contributed by atoms with Crippen LogP contribution < -0.4 is 0 Å². The molecule has 2 rings (SSSR count). The number of hydrogen-bond donors (Lipinski definition) is 0. The van der Waals surface area contributed by atoms with E-state index in [1.165, 1.54) is 11.1 Å². The minimum Gasteiger partial charge on any atom is -0.372 e. The van der Waals surface area contributed by atoms with Crippen molar-refractivity contribution in [3.8, 4) is 0 Å². The van der Waals surface area contributed by atoms with Crippen molar-refractivity contribution in [3.63, 3.8) is 0 Å². The van der Waals surface area contributed by atoms with Gasteiger partial charge in [0.2, 0.25) is 0 Å². The van der Waals surface area contributed by atoms with Crippen LogP contribution in [-0.2, 0) is 10.9 Å². The molecule has 20 heavy (non-hydrogen) atoms. The highest BCUT2D eigenvalue weighted by molar-refractivity contribution is 5.95. The van der Waals surface area contributed by atoms with Crippen molar-refractivity contribution in [2.24, 2.45) is 0 Å². The highest BCUT2D eigenvalue weighted by Crippen LogP contribution is 2.32. The van der Waals surface area contributed by atoms with Crippen LogP contribution in [0, 0.1) is 0 Å². The summed E-state index contributed by atoms with van der Waals surface area (Å²) in [6.45, 7) is 4.44. The highest BCUT2D eigenvalue weighted by atomic mass is 19.4. The molecule has 1 aromatic heterocycles. The van der Waals surface area contributed by atoms with E-state index in [2.05, 4.69) is 4.98 Å². The molecule has 0 N–H and O–H groups in total. The van der Waals surface area contributed by atoms with Gasteiger partial charge in [0.25, 0.3) is 5.91 Å². The van der Waals surface area contributed by atoms with E-state index in [1.807, 2.05) is 0 Å². The van der Waals surface area contributed by atoms with Crippen LogP contribution in [0.15, 0.2) is 18.5 Å². The second-order valence-electron chi connectivity index (χ2n) is 5.25. The summed E-state index contributed by atoms with van der Waals surface area (Å²) in [5.74, 6) is -0.642. The second kappa shape index (κ2) is 5.05. The van der Waals surface area contributed by atoms with Gasteiger partial charge >= 0.3 is 6.18 Å². The van der Waals surface area contributed by atoms with Crippen molar-refractivity contribution < 1.29 is 22.7 Å². The number of pyridine rings is 1. The van der Waals surface area contributed by atoms with Crippen molar-refractivity contribution in [2.75, 3.05) is 19.7 Å². The summed E-state index contributed by atoms with van der Waals surface area (Å²) in [4.78, 5) is 17.1. The Bertz CT molecular complexity index is 515. The summed E-state index contributed by atoms with van der Waals surface area (Å²) in [5.41, 5.74) is -1.93. The molecule has 1 aliphatic heterocycles. The molecule has 2 heterocycles. The molecule has 110 valence electrons. The van der Waals surface area contributed by atoms with Crippen LogP contribution >= 0.6 is 0 Å². The van der Waals surface area contributed by atoms with Crippen LogP contribution in [0.5, 0.6) is 0 Å². The summed E-state index contributed by atoms with van der Waals surface area (Å²) < 4.78 is 44.1. The molecule has 1 aromatic rings. The maximum Gasteiger partial charge on any atom is 0.418 e. The summed E-state index contributed by atoms with van der Waals surface area (Å²) in [5, 5.41) is 0. The van der Waals surface area contributed by atoms with E-state index in [-0.39, 0.29) is 18.7 Å². The molecule has 0 aromatic carbocycles. The first kappa shape index (κ1) is 14.8. The molecule has 0 bridgehead atoms. The van der Waals surface area contributed by atoms with E-state index < -0.39 is 23.2 Å². The van der Waals surface area contributed by atoms with Crippen LogP contribution in [-0.4, -0.2) is 41.1 Å². The van der Waals surface area contributed by atoms with Gasteiger partial charge in [-0.25, -0.2) is 0 Å². The molecular weight excluding hydrogens is 273 g/mol. The fraction of sp³-hybridized carbons (Fsp3) is 0.538. The number of amides is 1. The Labute approximate surface area is 114 Å². The minimum atomic E-state index is -4.60. The fourth-order valence-electron chi connectivity index (χ4n) is 2.17. The first-order valence-electron chi connectivity index (χ1n) is 6.15. The quantitative estimate of drug-likeness (QED) is 0.796. The van der Waals surface area contributed by atoms with Crippen LogP contribution in [0.25, 0.3) is 0 Å². The summed E-state index contributed by atoms with van der Waals surface area (Å²) >= 11 is 0. The maximum atomic E-state index is 12.9. The molecule has 7 heteroatoms. The predicted molar refractivity (Wildman–Crippen MR) is 65.2 cm³/mol. The van der Waals surface area contributed by atoms with Gasteiger partial charge in [0, 0.05) is 25.5 Å². The summed E-state index contributed by atoms with van der Waals surface area (Å²) in [6.07, 6.45) is -2.73. The van der Waals surface area contributed by atoms with Crippen LogP contribution in [0.2, 0.25) is 0 Å². The second-order valence-corrected chi connectivity index (χ2v) is 5.25. The topological polar surface area (TPSA) is 42.4 Å². The molecule has 4 nitrogen and oxygen atoms in total. The zero-order valence-corrected chi connectivity index (χ0v) is 11.2. The number of aromatic nitrogens is 1. The van der Waals surface area contributed by atoms with Gasteiger partial charge in [0.1, 0.15) is 0 Å². The van der Waals surface area contributed by atoms with E-state index in [9.17, 15) is 18.0 Å². The molecule has 0 unspecified atom stereocenters. The zero-order valence-electron chi connectivity index (χ0n) is 11.2. The molecule has 1 amide bonds. The van der Waals surface area contributed by atoms with Crippen LogP contribution in [0.3, 0.4) is 0 Å². The fourth-order valence-corrected chi connectivity index (χ4v) is 2.17. The molecule has 1 fully saturated rings. The molecule has 1 saturated heterocycles. The van der Waals surface area contributed by atoms with E-state index in [4.69, 9.17) is 4.74 Å². The first-order valence-corrected chi connectivity index (χ1v) is 6.15. The third-order valence-corrected chi connectivity index (χ3v) is 3.07. The number of carbonyl (C=O) groups excluding carboxylic acids is 1. The molecule has 0 aliphatic carbocycles. The molecule has 0 spiro atoms. The van der Waals surface area contributed by atoms with Crippen molar-refractivity contribution in [3.05, 3.63) is 29.6 Å². The lowest BCUT2D eigenvalue weighted by atomic mass is 10.0. The number of halogens is 3. The van der Waals surface area contributed by atoms with Crippen molar-refractivity contribution in [2.45, 2.75) is 25.6 Å². The Morgan fingerprint density at radius 1 is 1.45 bits per heavy atom. The van der Waals surface area contributed by atoms with Gasteiger partial charge in [-0.1, -0.05) is 0 Å². The number of morpholine rings is 1. The molecule has 1 aliphatic rings. The first-order chi connectivity index (χ1) is 9.21. The van der Waals surface area contributed by atoms with Gasteiger partial charge in [-0.15, -0.1) is 0 Å².